The predicted molar refractivity (Wildman–Crippen MR) is 72.6 cm³/mol. The molecule has 1 aromatic rings. The lowest BCUT2D eigenvalue weighted by atomic mass is 9.98. The third-order valence-electron chi connectivity index (χ3n) is 3.58. The summed E-state index contributed by atoms with van der Waals surface area (Å²) in [4.78, 5) is 36.6. The molecule has 0 aliphatic carbocycles. The smallest absolute Gasteiger partial charge is 0.308 e. The third-order valence-corrected chi connectivity index (χ3v) is 3.58. The van der Waals surface area contributed by atoms with E-state index in [4.69, 9.17) is 9.52 Å². The lowest BCUT2D eigenvalue weighted by Crippen LogP contribution is -2.50. The van der Waals surface area contributed by atoms with E-state index in [0.717, 1.165) is 0 Å². The molecule has 1 saturated heterocycles. The number of nitrogens with one attached hydrogen (secondary N) is 1. The Morgan fingerprint density at radius 3 is 2.86 bits per heavy atom. The first-order valence-electron chi connectivity index (χ1n) is 6.83. The number of rotatable bonds is 4. The lowest BCUT2D eigenvalue weighted by molar-refractivity contribution is -0.146. The fraction of sp³-hybridized carbons (Fsp3) is 0.500. The van der Waals surface area contributed by atoms with Crippen molar-refractivity contribution in [3.8, 4) is 0 Å². The van der Waals surface area contributed by atoms with Crippen molar-refractivity contribution in [2.75, 3.05) is 13.1 Å². The van der Waals surface area contributed by atoms with Gasteiger partial charge >= 0.3 is 5.97 Å². The van der Waals surface area contributed by atoms with Crippen LogP contribution < -0.4 is 5.32 Å². The van der Waals surface area contributed by atoms with E-state index < -0.39 is 23.8 Å². The van der Waals surface area contributed by atoms with Crippen LogP contribution in [0.4, 0.5) is 0 Å². The molecule has 0 bridgehead atoms. The van der Waals surface area contributed by atoms with Gasteiger partial charge in [-0.3, -0.25) is 14.4 Å². The van der Waals surface area contributed by atoms with Gasteiger partial charge in [-0.1, -0.05) is 0 Å². The van der Waals surface area contributed by atoms with Crippen molar-refractivity contribution >= 4 is 17.8 Å². The molecule has 7 nitrogen and oxygen atoms in total. The summed E-state index contributed by atoms with van der Waals surface area (Å²) in [7, 11) is 0. The van der Waals surface area contributed by atoms with Crippen LogP contribution in [0.15, 0.2) is 23.0 Å². The zero-order chi connectivity index (χ0) is 15.4. The summed E-state index contributed by atoms with van der Waals surface area (Å²) < 4.78 is 4.81. The van der Waals surface area contributed by atoms with Gasteiger partial charge < -0.3 is 19.7 Å². The van der Waals surface area contributed by atoms with Crippen molar-refractivity contribution in [1.29, 1.82) is 0 Å². The SMILES string of the molecule is CC(NC(=O)c1ccoc1)C(=O)N1CCCC(C(=O)O)C1. The summed E-state index contributed by atoms with van der Waals surface area (Å²) in [6, 6.07) is 0.799. The van der Waals surface area contributed by atoms with Crippen LogP contribution in [0.25, 0.3) is 0 Å². The maximum Gasteiger partial charge on any atom is 0.308 e. The minimum absolute atomic E-state index is 0.195. The molecular weight excluding hydrogens is 276 g/mol. The molecule has 1 aliphatic rings. The molecule has 21 heavy (non-hydrogen) atoms. The monoisotopic (exact) mass is 294 g/mol. The fourth-order valence-corrected chi connectivity index (χ4v) is 2.39. The number of piperidine rings is 1. The van der Waals surface area contributed by atoms with Crippen molar-refractivity contribution in [3.05, 3.63) is 24.2 Å². The molecule has 2 heterocycles. The number of likely N-dealkylation sites (tertiary alicyclic amines) is 1. The van der Waals surface area contributed by atoms with Crippen LogP contribution in [-0.4, -0.2) is 46.9 Å². The van der Waals surface area contributed by atoms with E-state index in [1.807, 2.05) is 0 Å². The van der Waals surface area contributed by atoms with Gasteiger partial charge in [0.05, 0.1) is 17.7 Å². The third kappa shape index (κ3) is 3.62. The predicted octanol–water partition coefficient (Wildman–Crippen LogP) is 0.721. The first-order valence-corrected chi connectivity index (χ1v) is 6.83. The summed E-state index contributed by atoms with van der Waals surface area (Å²) in [6.45, 7) is 2.30. The Bertz CT molecular complexity index is 525. The Labute approximate surface area is 121 Å². The number of aliphatic carboxylic acids is 1. The Morgan fingerprint density at radius 2 is 2.24 bits per heavy atom. The molecule has 2 rings (SSSR count). The van der Waals surface area contributed by atoms with Crippen LogP contribution in [-0.2, 0) is 9.59 Å². The van der Waals surface area contributed by atoms with Crippen LogP contribution in [0.5, 0.6) is 0 Å². The number of hydrogen-bond acceptors (Lipinski definition) is 4. The summed E-state index contributed by atoms with van der Waals surface area (Å²) in [5.41, 5.74) is 0.344. The van der Waals surface area contributed by atoms with Gasteiger partial charge in [0.2, 0.25) is 5.91 Å². The van der Waals surface area contributed by atoms with Gasteiger partial charge in [0, 0.05) is 13.1 Å². The molecule has 1 aliphatic heterocycles. The second-order valence-electron chi connectivity index (χ2n) is 5.17. The van der Waals surface area contributed by atoms with Crippen LogP contribution >= 0.6 is 0 Å². The highest BCUT2D eigenvalue weighted by Gasteiger charge is 2.30. The molecule has 0 aromatic carbocycles. The topological polar surface area (TPSA) is 99.9 Å². The van der Waals surface area contributed by atoms with E-state index in [1.54, 1.807) is 6.92 Å². The Morgan fingerprint density at radius 1 is 1.48 bits per heavy atom. The van der Waals surface area contributed by atoms with Crippen molar-refractivity contribution in [1.82, 2.24) is 10.2 Å². The highest BCUT2D eigenvalue weighted by Crippen LogP contribution is 2.17. The van der Waals surface area contributed by atoms with E-state index in [-0.39, 0.29) is 12.5 Å². The first kappa shape index (κ1) is 15.1. The lowest BCUT2D eigenvalue weighted by Gasteiger charge is -2.32. The van der Waals surface area contributed by atoms with Crippen molar-refractivity contribution < 1.29 is 23.9 Å². The fourth-order valence-electron chi connectivity index (χ4n) is 2.39. The molecule has 0 spiro atoms. The molecule has 7 heteroatoms. The zero-order valence-electron chi connectivity index (χ0n) is 11.7. The van der Waals surface area contributed by atoms with Gasteiger partial charge in [-0.25, -0.2) is 0 Å². The average molecular weight is 294 g/mol. The van der Waals surface area contributed by atoms with Gasteiger partial charge in [0.25, 0.3) is 5.91 Å². The number of amides is 2. The van der Waals surface area contributed by atoms with Crippen LogP contribution in [0.1, 0.15) is 30.1 Å². The number of carbonyl (C=O) groups excluding carboxylic acids is 2. The summed E-state index contributed by atoms with van der Waals surface area (Å²) in [5, 5.41) is 11.6. The molecular formula is C14H18N2O5. The second-order valence-corrected chi connectivity index (χ2v) is 5.17. The number of hydrogen-bond donors (Lipinski definition) is 2. The van der Waals surface area contributed by atoms with Gasteiger partial charge in [0.15, 0.2) is 0 Å². The second kappa shape index (κ2) is 6.43. The molecule has 2 N–H and O–H groups in total. The molecule has 0 radical (unpaired) electrons. The number of carboxylic acid groups (broad SMARTS) is 1. The molecule has 114 valence electrons. The largest absolute Gasteiger partial charge is 0.481 e. The summed E-state index contributed by atoms with van der Waals surface area (Å²) in [6.07, 6.45) is 3.91. The number of nitrogens with zero attached hydrogens (tertiary/aromatic N) is 1. The van der Waals surface area contributed by atoms with Gasteiger partial charge in [-0.2, -0.15) is 0 Å². The van der Waals surface area contributed by atoms with Crippen LogP contribution in [0, 0.1) is 5.92 Å². The molecule has 0 saturated carbocycles. The van der Waals surface area contributed by atoms with Gasteiger partial charge in [0.1, 0.15) is 12.3 Å². The maximum absolute atomic E-state index is 12.3. The highest BCUT2D eigenvalue weighted by atomic mass is 16.4. The van der Waals surface area contributed by atoms with Crippen LogP contribution in [0.2, 0.25) is 0 Å². The van der Waals surface area contributed by atoms with Crippen molar-refractivity contribution in [2.45, 2.75) is 25.8 Å². The minimum atomic E-state index is -0.886. The summed E-state index contributed by atoms with van der Waals surface area (Å²) >= 11 is 0. The first-order chi connectivity index (χ1) is 9.99. The van der Waals surface area contributed by atoms with Gasteiger partial charge in [-0.05, 0) is 25.8 Å². The van der Waals surface area contributed by atoms with E-state index >= 15 is 0 Å². The normalized spacial score (nSPS) is 19.9. The number of carbonyl (C=O) groups is 3. The number of furan rings is 1. The van der Waals surface area contributed by atoms with Crippen molar-refractivity contribution in [3.63, 3.8) is 0 Å². The Kier molecular flexibility index (Phi) is 4.62. The standard InChI is InChI=1S/C14H18N2O5/c1-9(15-12(17)11-4-6-21-8-11)13(18)16-5-2-3-10(7-16)14(19)20/h4,6,8-10H,2-3,5,7H2,1H3,(H,15,17)(H,19,20). The van der Waals surface area contributed by atoms with E-state index in [9.17, 15) is 14.4 Å². The minimum Gasteiger partial charge on any atom is -0.481 e. The molecule has 1 aromatic heterocycles. The maximum atomic E-state index is 12.3. The molecule has 2 unspecified atom stereocenters. The van der Waals surface area contributed by atoms with E-state index in [1.165, 1.54) is 23.5 Å². The molecule has 1 fully saturated rings. The summed E-state index contributed by atoms with van der Waals surface area (Å²) in [5.74, 6) is -2.07. The Hall–Kier alpha value is -2.31. The molecule has 2 amide bonds. The Balaban J connectivity index is 1.92. The quantitative estimate of drug-likeness (QED) is 0.852. The number of carboxylic acids is 1. The van der Waals surface area contributed by atoms with Crippen molar-refractivity contribution in [2.24, 2.45) is 5.92 Å². The highest BCUT2D eigenvalue weighted by molar-refractivity contribution is 5.97. The molecule has 2 atom stereocenters. The average Bonchev–Trinajstić information content (AvgIpc) is 3.00. The van der Waals surface area contributed by atoms with Gasteiger partial charge in [-0.15, -0.1) is 0 Å². The van der Waals surface area contributed by atoms with Crippen LogP contribution in [0.3, 0.4) is 0 Å². The van der Waals surface area contributed by atoms with E-state index in [2.05, 4.69) is 5.32 Å². The van der Waals surface area contributed by atoms with E-state index in [0.29, 0.717) is 24.9 Å². The zero-order valence-corrected chi connectivity index (χ0v) is 11.7.